The third-order valence-corrected chi connectivity index (χ3v) is 13.6. The maximum Gasteiger partial charge on any atom is 0.230 e. The van der Waals surface area contributed by atoms with E-state index < -0.39 is 5.79 Å². The molecule has 0 radical (unpaired) electrons. The van der Waals surface area contributed by atoms with Gasteiger partial charge < -0.3 is 34.0 Å². The van der Waals surface area contributed by atoms with Gasteiger partial charge >= 0.3 is 0 Å². The smallest absolute Gasteiger partial charge is 0.230 e. The Morgan fingerprint density at radius 3 is 2.51 bits per heavy atom. The fraction of sp³-hybridized carbons (Fsp3) is 0.532. The molecule has 0 bridgehead atoms. The van der Waals surface area contributed by atoms with Gasteiger partial charge in [-0.2, -0.15) is 11.8 Å². The molecule has 7 unspecified atom stereocenters. The number of rotatable bonds is 19. The lowest BCUT2D eigenvalue weighted by atomic mass is 9.56. The molecule has 2 aliphatic carbocycles. The van der Waals surface area contributed by atoms with Gasteiger partial charge in [-0.15, -0.1) is 6.58 Å². The van der Waals surface area contributed by atoms with Gasteiger partial charge in [-0.3, -0.25) is 4.98 Å². The van der Waals surface area contributed by atoms with Crippen molar-refractivity contribution in [1.82, 2.24) is 4.98 Å². The third kappa shape index (κ3) is 9.63. The predicted octanol–water partition coefficient (Wildman–Crippen LogP) is 9.63. The highest BCUT2D eigenvalue weighted by Crippen LogP contribution is 2.62. The van der Waals surface area contributed by atoms with Crippen LogP contribution in [-0.4, -0.2) is 70.4 Å². The van der Waals surface area contributed by atoms with Crippen LogP contribution in [0.1, 0.15) is 92.4 Å². The number of fused-ring (bicyclic) bond motifs is 2. The molecule has 57 heavy (non-hydrogen) atoms. The average Bonchev–Trinajstić information content (AvgIpc) is 3.23. The summed E-state index contributed by atoms with van der Waals surface area (Å²) in [4.78, 5) is 10.5. The quantitative estimate of drug-likeness (QED) is 0.0696. The summed E-state index contributed by atoms with van der Waals surface area (Å²) in [7, 11) is 0. The van der Waals surface area contributed by atoms with Crippen LogP contribution in [-0.2, 0) is 20.7 Å². The summed E-state index contributed by atoms with van der Waals surface area (Å²) in [5.74, 6) is 2.37. The number of thioether (sulfide) groups is 1. The highest BCUT2D eigenvalue weighted by molar-refractivity contribution is 8.00. The minimum Gasteiger partial charge on any atom is -0.460 e. The molecule has 1 saturated heterocycles. The van der Waals surface area contributed by atoms with E-state index in [1.807, 2.05) is 42.4 Å². The summed E-state index contributed by atoms with van der Waals surface area (Å²) in [6, 6.07) is 16.6. The highest BCUT2D eigenvalue weighted by Gasteiger charge is 2.64. The van der Waals surface area contributed by atoms with Crippen LogP contribution in [0, 0.1) is 31.6 Å². The van der Waals surface area contributed by atoms with Crippen LogP contribution in [0.5, 0.6) is 17.2 Å². The highest BCUT2D eigenvalue weighted by atomic mass is 32.2. The van der Waals surface area contributed by atoms with Gasteiger partial charge in [-0.1, -0.05) is 36.2 Å². The zero-order valence-corrected chi connectivity index (χ0v) is 34.5. The van der Waals surface area contributed by atoms with Gasteiger partial charge in [0, 0.05) is 49.9 Å². The molecule has 0 spiro atoms. The van der Waals surface area contributed by atoms with E-state index in [9.17, 15) is 10.2 Å². The van der Waals surface area contributed by atoms with E-state index in [1.165, 1.54) is 16.7 Å². The Balaban J connectivity index is 1.36. The van der Waals surface area contributed by atoms with E-state index in [0.29, 0.717) is 19.6 Å². The number of allylic oxidation sites excluding steroid dienone is 1. The maximum absolute atomic E-state index is 9.96. The maximum atomic E-state index is 9.96. The summed E-state index contributed by atoms with van der Waals surface area (Å²) in [6.45, 7) is 9.61. The molecule has 2 aliphatic heterocycles. The Hall–Kier alpha value is -3.67. The second-order valence-electron chi connectivity index (χ2n) is 16.0. The van der Waals surface area contributed by atoms with E-state index in [2.05, 4.69) is 67.9 Å². The monoisotopic (exact) mass is 796 g/mol. The van der Waals surface area contributed by atoms with Gasteiger partial charge in [0.15, 0.2) is 0 Å². The zero-order valence-electron chi connectivity index (χ0n) is 33.7. The molecule has 10 heteroatoms. The number of hydrogen-bond donors (Lipinski definition) is 2. The van der Waals surface area contributed by atoms with Crippen LogP contribution in [0.4, 0.5) is 0 Å². The van der Waals surface area contributed by atoms with Crippen molar-refractivity contribution in [3.63, 3.8) is 0 Å². The molecule has 1 saturated carbocycles. The van der Waals surface area contributed by atoms with Crippen molar-refractivity contribution < 1.29 is 34.0 Å². The molecule has 2 fully saturated rings. The van der Waals surface area contributed by atoms with E-state index in [-0.39, 0.29) is 48.4 Å². The molecule has 7 rings (SSSR count). The number of aliphatic hydroxyl groups excluding tert-OH is 2. The Bertz CT molecular complexity index is 1850. The van der Waals surface area contributed by atoms with Crippen LogP contribution < -0.4 is 9.47 Å². The number of aromatic nitrogens is 1. The summed E-state index contributed by atoms with van der Waals surface area (Å²) in [5, 5.41) is 24.7. The molecule has 1 aromatic heterocycles. The van der Waals surface area contributed by atoms with Gasteiger partial charge in [0.1, 0.15) is 17.2 Å². The largest absolute Gasteiger partial charge is 0.460 e. The van der Waals surface area contributed by atoms with E-state index >= 15 is 0 Å². The van der Waals surface area contributed by atoms with Crippen molar-refractivity contribution in [2.45, 2.75) is 108 Å². The zero-order chi connectivity index (χ0) is 39.6. The van der Waals surface area contributed by atoms with E-state index in [4.69, 9.17) is 28.9 Å². The van der Waals surface area contributed by atoms with Gasteiger partial charge in [0.25, 0.3) is 0 Å². The lowest BCUT2D eigenvalue weighted by Gasteiger charge is -2.58. The fourth-order valence-electron chi connectivity index (χ4n) is 9.24. The number of hydrogen-bond acceptors (Lipinski definition) is 10. The number of nitrogens with zero attached hydrogens (tertiary/aromatic N) is 2. The first kappa shape index (κ1) is 41.5. The Kier molecular flexibility index (Phi) is 14.5. The average molecular weight is 797 g/mol. The van der Waals surface area contributed by atoms with Crippen LogP contribution in [0.15, 0.2) is 90.4 Å². The third-order valence-electron chi connectivity index (χ3n) is 12.2. The first-order valence-corrected chi connectivity index (χ1v) is 22.1. The van der Waals surface area contributed by atoms with Crippen LogP contribution >= 0.6 is 11.8 Å². The number of ether oxygens (including phenoxy) is 4. The fourth-order valence-corrected chi connectivity index (χ4v) is 10.6. The van der Waals surface area contributed by atoms with E-state index in [1.54, 1.807) is 0 Å². The number of unbranched alkanes of at least 4 members (excludes halogenated alkanes) is 2. The van der Waals surface area contributed by atoms with Crippen molar-refractivity contribution in [2.75, 3.05) is 32.2 Å². The Labute approximate surface area is 342 Å². The number of aryl methyl sites for hydroxylation is 3. The molecular weight excluding hydrogens is 737 g/mol. The number of aliphatic hydroxyl groups is 2. The van der Waals surface area contributed by atoms with Crippen molar-refractivity contribution in [1.29, 1.82) is 0 Å². The van der Waals surface area contributed by atoms with Gasteiger partial charge in [-0.25, -0.2) is 0 Å². The first-order chi connectivity index (χ1) is 27.9. The van der Waals surface area contributed by atoms with E-state index in [0.717, 1.165) is 104 Å². The van der Waals surface area contributed by atoms with Crippen LogP contribution in [0.2, 0.25) is 0 Å². The lowest BCUT2D eigenvalue weighted by Crippen LogP contribution is -2.64. The summed E-state index contributed by atoms with van der Waals surface area (Å²) < 4.78 is 27.1. The molecule has 4 aliphatic rings. The number of oxime groups is 1. The normalized spacial score (nSPS) is 27.2. The minimum atomic E-state index is -1.03. The van der Waals surface area contributed by atoms with Crippen molar-refractivity contribution in [3.05, 3.63) is 107 Å². The molecular formula is C47H60N2O7S. The lowest BCUT2D eigenvalue weighted by molar-refractivity contribution is -0.223. The second kappa shape index (κ2) is 19.9. The molecule has 2 N–H and O–H groups in total. The molecule has 306 valence electrons. The van der Waals surface area contributed by atoms with Gasteiger partial charge in [0.05, 0.1) is 30.1 Å². The van der Waals surface area contributed by atoms with Gasteiger partial charge in [-0.05, 0) is 141 Å². The Morgan fingerprint density at radius 1 is 0.965 bits per heavy atom. The number of pyridine rings is 1. The first-order valence-electron chi connectivity index (χ1n) is 21.1. The molecule has 3 aromatic rings. The summed E-state index contributed by atoms with van der Waals surface area (Å²) in [5.41, 5.74) is 6.77. The van der Waals surface area contributed by atoms with Crippen molar-refractivity contribution in [3.8, 4) is 17.2 Å². The second-order valence-corrected chi connectivity index (χ2v) is 17.3. The van der Waals surface area contributed by atoms with Crippen molar-refractivity contribution in [2.24, 2.45) is 22.9 Å². The number of benzene rings is 2. The van der Waals surface area contributed by atoms with Crippen LogP contribution in [0.3, 0.4) is 0 Å². The minimum absolute atomic E-state index is 0.0144. The van der Waals surface area contributed by atoms with Gasteiger partial charge in [0.2, 0.25) is 12.1 Å². The van der Waals surface area contributed by atoms with Crippen LogP contribution in [0.25, 0.3) is 0 Å². The standard InChI is InChI=1S/C47H60N2O7S/c1-4-25-53-47-43(57-27-20-34-18-21-48-22-19-34)31-41(49-56-44-13-7-10-26-52-44)39-29-35(11-5-8-23-50)38(12-6-9-24-51)45(46(39)47)40-30-37(16-17-42(40)55-47)54-36-15-14-32(2)33(3)28-36/h4,14-19,21-22,28-30,35,38,43-46,50-51H,1,5-13,20,23-27,31H2,2-3H3. The SMILES string of the molecule is C=CCOC12Oc3ccc(Oc4ccc(C)c(C)c4)cc3C3C(CCCCO)C(CCCCO)C=C(C(=NOC4CCCCO4)CC1SCCc1ccncc1)C32. The Morgan fingerprint density at radius 2 is 1.75 bits per heavy atom. The molecule has 9 nitrogen and oxygen atoms in total. The predicted molar refractivity (Wildman–Crippen MR) is 226 cm³/mol. The van der Waals surface area contributed by atoms with Crippen molar-refractivity contribution >= 4 is 17.5 Å². The summed E-state index contributed by atoms with van der Waals surface area (Å²) in [6.07, 6.45) is 17.1. The molecule has 3 heterocycles. The molecule has 0 amide bonds. The molecule has 2 aromatic carbocycles. The topological polar surface area (TPSA) is 112 Å². The summed E-state index contributed by atoms with van der Waals surface area (Å²) >= 11 is 1.87. The molecule has 7 atom stereocenters.